The quantitative estimate of drug-likeness (QED) is 0.799. The Hall–Kier alpha value is -2.73. The molecule has 2 aromatic heterocycles. The molecular formula is C15H11N3O2S. The maximum absolute atomic E-state index is 11.8. The number of aromatic nitrogens is 2. The molecule has 1 amide bonds. The number of hydrogen-bond acceptors (Lipinski definition) is 5. The fourth-order valence-corrected chi connectivity index (χ4v) is 2.29. The number of hydrogen-bond donors (Lipinski definition) is 1. The summed E-state index contributed by atoms with van der Waals surface area (Å²) in [6.07, 6.45) is 5.25. The van der Waals surface area contributed by atoms with Gasteiger partial charge in [-0.25, -0.2) is 0 Å². The fourth-order valence-electron chi connectivity index (χ4n) is 1.65. The fraction of sp³-hybridized carbons (Fsp3) is 0. The van der Waals surface area contributed by atoms with Crippen molar-refractivity contribution in [1.82, 2.24) is 10.2 Å². The normalized spacial score (nSPS) is 10.9. The molecule has 0 bridgehead atoms. The van der Waals surface area contributed by atoms with Crippen LogP contribution in [0.25, 0.3) is 12.2 Å². The molecule has 5 nitrogen and oxygen atoms in total. The van der Waals surface area contributed by atoms with E-state index in [1.807, 2.05) is 42.5 Å². The van der Waals surface area contributed by atoms with Crippen molar-refractivity contribution < 1.29 is 9.21 Å². The Morgan fingerprint density at radius 2 is 1.95 bits per heavy atom. The van der Waals surface area contributed by atoms with Gasteiger partial charge < -0.3 is 4.42 Å². The van der Waals surface area contributed by atoms with Crippen molar-refractivity contribution in [2.75, 3.05) is 5.32 Å². The Kier molecular flexibility index (Phi) is 3.88. The van der Waals surface area contributed by atoms with Crippen LogP contribution in [0.3, 0.4) is 0 Å². The third-order valence-corrected chi connectivity index (χ3v) is 3.43. The van der Waals surface area contributed by atoms with Gasteiger partial charge in [0.15, 0.2) is 5.76 Å². The summed E-state index contributed by atoms with van der Waals surface area (Å²) in [5.41, 5.74) is 1.08. The number of nitrogens with zero attached hydrogens (tertiary/aromatic N) is 2. The van der Waals surface area contributed by atoms with Gasteiger partial charge in [-0.2, -0.15) is 0 Å². The third kappa shape index (κ3) is 3.43. The van der Waals surface area contributed by atoms with Crippen molar-refractivity contribution in [3.05, 3.63) is 65.1 Å². The highest BCUT2D eigenvalue weighted by atomic mass is 32.1. The van der Waals surface area contributed by atoms with Crippen LogP contribution in [0.15, 0.2) is 53.1 Å². The smallest absolute Gasteiger partial charge is 0.293 e. The lowest BCUT2D eigenvalue weighted by Gasteiger charge is -1.95. The standard InChI is InChI=1S/C15H11N3O2S/c19-14(12-7-4-10-20-12)16-15-18-17-13(21-15)9-8-11-5-2-1-3-6-11/h1-10H,(H,16,18,19). The molecule has 3 aromatic rings. The lowest BCUT2D eigenvalue weighted by atomic mass is 10.2. The van der Waals surface area contributed by atoms with Gasteiger partial charge in [0.2, 0.25) is 5.13 Å². The predicted molar refractivity (Wildman–Crippen MR) is 81.9 cm³/mol. The molecule has 0 aliphatic heterocycles. The van der Waals surface area contributed by atoms with Crippen LogP contribution in [-0.4, -0.2) is 16.1 Å². The highest BCUT2D eigenvalue weighted by molar-refractivity contribution is 7.16. The van der Waals surface area contributed by atoms with Crippen LogP contribution >= 0.6 is 11.3 Å². The minimum Gasteiger partial charge on any atom is -0.459 e. The molecule has 21 heavy (non-hydrogen) atoms. The molecular weight excluding hydrogens is 286 g/mol. The van der Waals surface area contributed by atoms with E-state index < -0.39 is 0 Å². The maximum Gasteiger partial charge on any atom is 0.293 e. The van der Waals surface area contributed by atoms with E-state index in [2.05, 4.69) is 15.5 Å². The van der Waals surface area contributed by atoms with Crippen LogP contribution in [0.5, 0.6) is 0 Å². The number of nitrogens with one attached hydrogen (secondary N) is 1. The number of anilines is 1. The first-order valence-corrected chi connectivity index (χ1v) is 7.04. The molecule has 0 aliphatic rings. The summed E-state index contributed by atoms with van der Waals surface area (Å²) in [4.78, 5) is 11.8. The second-order valence-electron chi connectivity index (χ2n) is 4.12. The van der Waals surface area contributed by atoms with Gasteiger partial charge in [-0.1, -0.05) is 47.7 Å². The van der Waals surface area contributed by atoms with Crippen molar-refractivity contribution >= 4 is 34.5 Å². The second-order valence-corrected chi connectivity index (χ2v) is 5.13. The molecule has 104 valence electrons. The highest BCUT2D eigenvalue weighted by Gasteiger charge is 2.11. The van der Waals surface area contributed by atoms with Crippen LogP contribution in [0.4, 0.5) is 5.13 Å². The summed E-state index contributed by atoms with van der Waals surface area (Å²) in [5.74, 6) is -0.0960. The van der Waals surface area contributed by atoms with E-state index >= 15 is 0 Å². The van der Waals surface area contributed by atoms with E-state index in [-0.39, 0.29) is 11.7 Å². The number of rotatable bonds is 4. The molecule has 3 rings (SSSR count). The number of benzene rings is 1. The molecule has 1 N–H and O–H groups in total. The van der Waals surface area contributed by atoms with Gasteiger partial charge in [0.25, 0.3) is 5.91 Å². The average Bonchev–Trinajstić information content (AvgIpc) is 3.18. The van der Waals surface area contributed by atoms with Gasteiger partial charge in [-0.3, -0.25) is 10.1 Å². The SMILES string of the molecule is O=C(Nc1nnc(C=Cc2ccccc2)s1)c1ccco1. The first-order chi connectivity index (χ1) is 10.3. The van der Waals surface area contributed by atoms with Gasteiger partial charge in [0.05, 0.1) is 6.26 Å². The van der Waals surface area contributed by atoms with Crippen LogP contribution in [-0.2, 0) is 0 Å². The molecule has 0 fully saturated rings. The monoisotopic (exact) mass is 297 g/mol. The summed E-state index contributed by atoms with van der Waals surface area (Å²) in [7, 11) is 0. The molecule has 0 spiro atoms. The zero-order valence-electron chi connectivity index (χ0n) is 10.9. The Balaban J connectivity index is 1.66. The van der Waals surface area contributed by atoms with Crippen molar-refractivity contribution in [3.8, 4) is 0 Å². The topological polar surface area (TPSA) is 68.0 Å². The zero-order valence-corrected chi connectivity index (χ0v) is 11.7. The van der Waals surface area contributed by atoms with Crippen molar-refractivity contribution in [3.63, 3.8) is 0 Å². The van der Waals surface area contributed by atoms with Crippen LogP contribution < -0.4 is 5.32 Å². The molecule has 0 saturated heterocycles. The maximum atomic E-state index is 11.8. The van der Waals surface area contributed by atoms with E-state index in [0.29, 0.717) is 10.1 Å². The van der Waals surface area contributed by atoms with Gasteiger partial charge in [-0.05, 0) is 23.8 Å². The molecule has 0 atom stereocenters. The van der Waals surface area contributed by atoms with Crippen molar-refractivity contribution in [2.45, 2.75) is 0 Å². The molecule has 0 unspecified atom stereocenters. The molecule has 2 heterocycles. The van der Waals surface area contributed by atoms with Crippen LogP contribution in [0.2, 0.25) is 0 Å². The number of furan rings is 1. The largest absolute Gasteiger partial charge is 0.459 e. The Morgan fingerprint density at radius 1 is 1.10 bits per heavy atom. The number of amides is 1. The molecule has 6 heteroatoms. The zero-order chi connectivity index (χ0) is 14.5. The predicted octanol–water partition coefficient (Wildman–Crippen LogP) is 3.55. The Labute approximate surface area is 125 Å². The van der Waals surface area contributed by atoms with E-state index in [9.17, 15) is 4.79 Å². The van der Waals surface area contributed by atoms with Gasteiger partial charge in [0, 0.05) is 0 Å². The first kappa shape index (κ1) is 13.3. The molecule has 0 saturated carbocycles. The molecule has 0 aliphatic carbocycles. The lowest BCUT2D eigenvalue weighted by molar-refractivity contribution is 0.0996. The van der Waals surface area contributed by atoms with E-state index in [4.69, 9.17) is 4.42 Å². The third-order valence-electron chi connectivity index (χ3n) is 2.62. The summed E-state index contributed by atoms with van der Waals surface area (Å²) < 4.78 is 5.01. The Bertz CT molecular complexity index is 748. The van der Waals surface area contributed by atoms with Gasteiger partial charge >= 0.3 is 0 Å². The highest BCUT2D eigenvalue weighted by Crippen LogP contribution is 2.18. The first-order valence-electron chi connectivity index (χ1n) is 6.23. The van der Waals surface area contributed by atoms with E-state index in [1.54, 1.807) is 12.1 Å². The van der Waals surface area contributed by atoms with Crippen molar-refractivity contribution in [2.24, 2.45) is 0 Å². The summed E-state index contributed by atoms with van der Waals surface area (Å²) in [5, 5.41) is 11.7. The Morgan fingerprint density at radius 3 is 2.71 bits per heavy atom. The van der Waals surface area contributed by atoms with Gasteiger partial charge in [0.1, 0.15) is 5.01 Å². The molecule has 1 aromatic carbocycles. The van der Waals surface area contributed by atoms with Crippen molar-refractivity contribution in [1.29, 1.82) is 0 Å². The average molecular weight is 297 g/mol. The van der Waals surface area contributed by atoms with Crippen LogP contribution in [0, 0.1) is 0 Å². The lowest BCUT2D eigenvalue weighted by Crippen LogP contribution is -2.10. The van der Waals surface area contributed by atoms with E-state index in [0.717, 1.165) is 5.56 Å². The minimum absolute atomic E-state index is 0.242. The van der Waals surface area contributed by atoms with Gasteiger partial charge in [-0.15, -0.1) is 10.2 Å². The number of carbonyl (C=O) groups is 1. The van der Waals surface area contributed by atoms with E-state index in [1.165, 1.54) is 17.6 Å². The minimum atomic E-state index is -0.338. The summed E-state index contributed by atoms with van der Waals surface area (Å²) >= 11 is 1.30. The molecule has 0 radical (unpaired) electrons. The number of carbonyl (C=O) groups excluding carboxylic acids is 1. The summed E-state index contributed by atoms with van der Waals surface area (Å²) in [6, 6.07) is 13.1. The second kappa shape index (κ2) is 6.15. The summed E-state index contributed by atoms with van der Waals surface area (Å²) in [6.45, 7) is 0. The van der Waals surface area contributed by atoms with Crippen LogP contribution in [0.1, 0.15) is 21.1 Å².